The highest BCUT2D eigenvalue weighted by Gasteiger charge is 2.36. The van der Waals surface area contributed by atoms with Crippen molar-refractivity contribution in [2.75, 3.05) is 6.54 Å². The number of halogens is 4. The molecule has 6 heteroatoms. The second-order valence-corrected chi connectivity index (χ2v) is 5.36. The molecule has 0 fully saturated rings. The van der Waals surface area contributed by atoms with Crippen molar-refractivity contribution in [1.29, 1.82) is 0 Å². The molecule has 0 amide bonds. The number of Topliss-reactive ketones (excluding diaryl/α,β-unsaturated/α-hetero) is 1. The lowest BCUT2D eigenvalue weighted by molar-refractivity contribution is -0.152. The zero-order valence-electron chi connectivity index (χ0n) is 11.5. The topological polar surface area (TPSA) is 20.3 Å². The molecule has 1 atom stereocenters. The summed E-state index contributed by atoms with van der Waals surface area (Å²) >= 11 is 5.73. The van der Waals surface area contributed by atoms with Crippen molar-refractivity contribution < 1.29 is 18.0 Å². The van der Waals surface area contributed by atoms with Gasteiger partial charge in [-0.1, -0.05) is 11.6 Å². The average molecular weight is 308 g/mol. The van der Waals surface area contributed by atoms with Gasteiger partial charge in [0.05, 0.1) is 12.6 Å². The van der Waals surface area contributed by atoms with Crippen molar-refractivity contribution in [3.63, 3.8) is 0 Å². The van der Waals surface area contributed by atoms with E-state index in [9.17, 15) is 18.0 Å². The van der Waals surface area contributed by atoms with Crippen LogP contribution >= 0.6 is 11.6 Å². The molecule has 0 bridgehead atoms. The normalized spacial score (nSPS) is 13.8. The Labute approximate surface area is 121 Å². The predicted molar refractivity (Wildman–Crippen MR) is 73.1 cm³/mol. The van der Waals surface area contributed by atoms with E-state index in [0.717, 1.165) is 4.90 Å². The van der Waals surface area contributed by atoms with Gasteiger partial charge in [-0.25, -0.2) is 0 Å². The first kappa shape index (κ1) is 17.0. The fourth-order valence-electron chi connectivity index (χ4n) is 1.98. The van der Waals surface area contributed by atoms with Gasteiger partial charge in [0, 0.05) is 16.6 Å². The van der Waals surface area contributed by atoms with Crippen molar-refractivity contribution in [3.8, 4) is 0 Å². The number of nitrogens with zero attached hydrogens (tertiary/aromatic N) is 1. The first-order chi connectivity index (χ1) is 9.11. The Morgan fingerprint density at radius 2 is 1.70 bits per heavy atom. The minimum atomic E-state index is -4.33. The van der Waals surface area contributed by atoms with Gasteiger partial charge in [0.1, 0.15) is 0 Å². The smallest absolute Gasteiger partial charge is 0.292 e. The fraction of sp³-hybridized carbons (Fsp3) is 0.500. The van der Waals surface area contributed by atoms with Crippen molar-refractivity contribution in [2.45, 2.75) is 39.0 Å². The summed E-state index contributed by atoms with van der Waals surface area (Å²) in [7, 11) is 0. The highest BCUT2D eigenvalue weighted by molar-refractivity contribution is 6.30. The Bertz CT molecular complexity index is 456. The Hall–Kier alpha value is -1.07. The van der Waals surface area contributed by atoms with Gasteiger partial charge in [-0.2, -0.15) is 13.2 Å². The van der Waals surface area contributed by atoms with E-state index in [4.69, 9.17) is 11.6 Å². The lowest BCUT2D eigenvalue weighted by atomic mass is 10.0. The summed E-state index contributed by atoms with van der Waals surface area (Å²) in [4.78, 5) is 13.4. The van der Waals surface area contributed by atoms with E-state index in [2.05, 4.69) is 0 Å². The number of ketones is 1. The van der Waals surface area contributed by atoms with Crippen LogP contribution in [0.2, 0.25) is 5.02 Å². The van der Waals surface area contributed by atoms with Gasteiger partial charge in [0.25, 0.3) is 0 Å². The van der Waals surface area contributed by atoms with Crippen LogP contribution in [0.25, 0.3) is 0 Å². The minimum Gasteiger partial charge on any atom is -0.292 e. The molecule has 0 saturated carbocycles. The molecule has 0 heterocycles. The third-order valence-corrected chi connectivity index (χ3v) is 3.28. The Balaban J connectivity index is 2.91. The van der Waals surface area contributed by atoms with Gasteiger partial charge in [-0.15, -0.1) is 0 Å². The molecule has 2 nitrogen and oxygen atoms in total. The van der Waals surface area contributed by atoms with E-state index >= 15 is 0 Å². The summed E-state index contributed by atoms with van der Waals surface area (Å²) in [5, 5.41) is 0.477. The number of benzene rings is 1. The zero-order chi connectivity index (χ0) is 15.5. The number of carbonyl (C=O) groups is 1. The maximum Gasteiger partial charge on any atom is 0.401 e. The van der Waals surface area contributed by atoms with Gasteiger partial charge in [0.15, 0.2) is 5.78 Å². The Kier molecular flexibility index (Phi) is 5.59. The number of rotatable bonds is 5. The summed E-state index contributed by atoms with van der Waals surface area (Å²) < 4.78 is 37.7. The van der Waals surface area contributed by atoms with Crippen LogP contribution in [0.4, 0.5) is 13.2 Å². The van der Waals surface area contributed by atoms with E-state index in [-0.39, 0.29) is 11.8 Å². The molecule has 0 aliphatic carbocycles. The standard InChI is InChI=1S/C14H17ClF3NO/c1-9(2)19(8-14(16,17)18)10(3)13(20)11-4-6-12(15)7-5-11/h4-7,9-10H,8H2,1-3H3. The molecule has 112 valence electrons. The SMILES string of the molecule is CC(C)N(CC(F)(F)F)C(C)C(=O)c1ccc(Cl)cc1. The highest BCUT2D eigenvalue weighted by Crippen LogP contribution is 2.22. The van der Waals surface area contributed by atoms with Gasteiger partial charge in [0.2, 0.25) is 0 Å². The second kappa shape index (κ2) is 6.59. The number of carbonyl (C=O) groups excluding carboxylic acids is 1. The number of hydrogen-bond donors (Lipinski definition) is 0. The second-order valence-electron chi connectivity index (χ2n) is 4.93. The van der Waals surface area contributed by atoms with Crippen LogP contribution in [0.15, 0.2) is 24.3 Å². The molecule has 20 heavy (non-hydrogen) atoms. The van der Waals surface area contributed by atoms with E-state index in [1.165, 1.54) is 19.1 Å². The molecule has 0 aliphatic rings. The summed E-state index contributed by atoms with van der Waals surface area (Å²) in [5.41, 5.74) is 0.356. The summed E-state index contributed by atoms with van der Waals surface area (Å²) in [6, 6.07) is 4.90. The van der Waals surface area contributed by atoms with Gasteiger partial charge in [-0.05, 0) is 45.0 Å². The third-order valence-electron chi connectivity index (χ3n) is 3.03. The van der Waals surface area contributed by atoms with Crippen LogP contribution in [-0.2, 0) is 0 Å². The van der Waals surface area contributed by atoms with Crippen LogP contribution < -0.4 is 0 Å². The molecular formula is C14H17ClF3NO. The van der Waals surface area contributed by atoms with E-state index in [1.807, 2.05) is 0 Å². The van der Waals surface area contributed by atoms with Crippen molar-refractivity contribution in [3.05, 3.63) is 34.9 Å². The Morgan fingerprint density at radius 1 is 1.20 bits per heavy atom. The third kappa shape index (κ3) is 4.80. The maximum atomic E-state index is 12.6. The predicted octanol–water partition coefficient (Wildman–Crippen LogP) is 4.18. The minimum absolute atomic E-state index is 0.348. The summed E-state index contributed by atoms with van der Waals surface area (Å²) in [5.74, 6) is -0.348. The first-order valence-corrected chi connectivity index (χ1v) is 6.62. The van der Waals surface area contributed by atoms with E-state index < -0.39 is 18.8 Å². The molecule has 0 aliphatic heterocycles. The molecule has 0 radical (unpaired) electrons. The molecule has 1 unspecified atom stereocenters. The molecular weight excluding hydrogens is 291 g/mol. The molecule has 0 saturated heterocycles. The fourth-order valence-corrected chi connectivity index (χ4v) is 2.11. The molecule has 0 N–H and O–H groups in total. The van der Waals surface area contributed by atoms with Crippen LogP contribution in [0, 0.1) is 0 Å². The zero-order valence-corrected chi connectivity index (χ0v) is 12.3. The van der Waals surface area contributed by atoms with Gasteiger partial charge >= 0.3 is 6.18 Å². The van der Waals surface area contributed by atoms with Crippen LogP contribution in [0.5, 0.6) is 0 Å². The quantitative estimate of drug-likeness (QED) is 0.760. The van der Waals surface area contributed by atoms with Crippen LogP contribution in [-0.4, -0.2) is 35.5 Å². The molecule has 1 aromatic carbocycles. The first-order valence-electron chi connectivity index (χ1n) is 6.24. The van der Waals surface area contributed by atoms with Gasteiger partial charge in [-0.3, -0.25) is 9.69 Å². The average Bonchev–Trinajstić information content (AvgIpc) is 2.34. The van der Waals surface area contributed by atoms with Crippen LogP contribution in [0.1, 0.15) is 31.1 Å². The lowest BCUT2D eigenvalue weighted by Crippen LogP contribution is -2.48. The lowest BCUT2D eigenvalue weighted by Gasteiger charge is -2.32. The van der Waals surface area contributed by atoms with Crippen LogP contribution in [0.3, 0.4) is 0 Å². The van der Waals surface area contributed by atoms with Crippen molar-refractivity contribution >= 4 is 17.4 Å². The van der Waals surface area contributed by atoms with Crippen molar-refractivity contribution in [2.24, 2.45) is 0 Å². The number of alkyl halides is 3. The summed E-state index contributed by atoms with van der Waals surface area (Å²) in [6.45, 7) is 3.66. The summed E-state index contributed by atoms with van der Waals surface area (Å²) in [6.07, 6.45) is -4.33. The Morgan fingerprint density at radius 3 is 2.10 bits per heavy atom. The maximum absolute atomic E-state index is 12.6. The molecule has 0 aromatic heterocycles. The molecule has 1 rings (SSSR count). The van der Waals surface area contributed by atoms with Gasteiger partial charge < -0.3 is 0 Å². The monoisotopic (exact) mass is 307 g/mol. The molecule has 0 spiro atoms. The van der Waals surface area contributed by atoms with E-state index in [1.54, 1.807) is 26.0 Å². The molecule has 1 aromatic rings. The number of hydrogen-bond acceptors (Lipinski definition) is 2. The van der Waals surface area contributed by atoms with E-state index in [0.29, 0.717) is 10.6 Å². The van der Waals surface area contributed by atoms with Crippen molar-refractivity contribution in [1.82, 2.24) is 4.90 Å². The largest absolute Gasteiger partial charge is 0.401 e. The highest BCUT2D eigenvalue weighted by atomic mass is 35.5.